The minimum atomic E-state index is -0.241. The highest BCUT2D eigenvalue weighted by Gasteiger charge is 2.05. The van der Waals surface area contributed by atoms with E-state index in [9.17, 15) is 4.39 Å². The normalized spacial score (nSPS) is 10.3. The SMILES string of the molecule is COc1ccc(Br)cc1CNc1cc(F)ccc1C. The third-order valence-electron chi connectivity index (χ3n) is 2.91. The molecule has 2 aromatic rings. The summed E-state index contributed by atoms with van der Waals surface area (Å²) in [6.07, 6.45) is 0. The fourth-order valence-corrected chi connectivity index (χ4v) is 2.27. The number of halogens is 2. The number of hydrogen-bond donors (Lipinski definition) is 1. The van der Waals surface area contributed by atoms with Gasteiger partial charge in [-0.2, -0.15) is 0 Å². The van der Waals surface area contributed by atoms with E-state index < -0.39 is 0 Å². The molecule has 0 unspecified atom stereocenters. The molecule has 2 aromatic carbocycles. The first-order valence-electron chi connectivity index (χ1n) is 5.92. The Morgan fingerprint density at radius 3 is 2.74 bits per heavy atom. The lowest BCUT2D eigenvalue weighted by atomic mass is 10.1. The second kappa shape index (κ2) is 6.06. The van der Waals surface area contributed by atoms with E-state index in [4.69, 9.17) is 4.74 Å². The Hall–Kier alpha value is -1.55. The highest BCUT2D eigenvalue weighted by molar-refractivity contribution is 9.10. The molecule has 0 saturated carbocycles. The summed E-state index contributed by atoms with van der Waals surface area (Å²) < 4.78 is 19.5. The molecule has 0 saturated heterocycles. The van der Waals surface area contributed by atoms with Gasteiger partial charge in [0.2, 0.25) is 0 Å². The quantitative estimate of drug-likeness (QED) is 0.893. The van der Waals surface area contributed by atoms with Gasteiger partial charge < -0.3 is 10.1 Å². The molecule has 1 N–H and O–H groups in total. The Kier molecular flexibility index (Phi) is 4.43. The van der Waals surface area contributed by atoms with Gasteiger partial charge in [-0.1, -0.05) is 22.0 Å². The van der Waals surface area contributed by atoms with Crippen molar-refractivity contribution in [2.45, 2.75) is 13.5 Å². The molecule has 0 aliphatic heterocycles. The van der Waals surface area contributed by atoms with Gasteiger partial charge in [-0.15, -0.1) is 0 Å². The number of hydrogen-bond acceptors (Lipinski definition) is 2. The van der Waals surface area contributed by atoms with E-state index in [-0.39, 0.29) is 5.82 Å². The average Bonchev–Trinajstić information content (AvgIpc) is 2.40. The van der Waals surface area contributed by atoms with Crippen molar-refractivity contribution in [2.75, 3.05) is 12.4 Å². The maximum absolute atomic E-state index is 13.2. The van der Waals surface area contributed by atoms with Gasteiger partial charge in [0.05, 0.1) is 7.11 Å². The standard InChI is InChI=1S/C15H15BrFNO/c1-10-3-5-13(17)8-14(10)18-9-11-7-12(16)4-6-15(11)19-2/h3-8,18H,9H2,1-2H3. The van der Waals surface area contributed by atoms with Crippen LogP contribution in [0, 0.1) is 12.7 Å². The van der Waals surface area contributed by atoms with Crippen molar-refractivity contribution in [1.82, 2.24) is 0 Å². The molecule has 0 aromatic heterocycles. The minimum absolute atomic E-state index is 0.241. The highest BCUT2D eigenvalue weighted by Crippen LogP contribution is 2.25. The van der Waals surface area contributed by atoms with Crippen LogP contribution in [0.5, 0.6) is 5.75 Å². The summed E-state index contributed by atoms with van der Waals surface area (Å²) in [4.78, 5) is 0. The Labute approximate surface area is 120 Å². The van der Waals surface area contributed by atoms with Crippen LogP contribution in [0.15, 0.2) is 40.9 Å². The number of methoxy groups -OCH3 is 1. The van der Waals surface area contributed by atoms with Crippen molar-refractivity contribution < 1.29 is 9.13 Å². The predicted molar refractivity (Wildman–Crippen MR) is 79.2 cm³/mol. The van der Waals surface area contributed by atoms with Gasteiger partial charge in [0.1, 0.15) is 11.6 Å². The van der Waals surface area contributed by atoms with Crippen molar-refractivity contribution in [3.8, 4) is 5.75 Å². The number of nitrogens with one attached hydrogen (secondary N) is 1. The second-order valence-electron chi connectivity index (χ2n) is 4.27. The molecule has 2 nitrogen and oxygen atoms in total. The molecule has 2 rings (SSSR count). The Balaban J connectivity index is 2.18. The van der Waals surface area contributed by atoms with Crippen molar-refractivity contribution >= 4 is 21.6 Å². The Morgan fingerprint density at radius 2 is 2.00 bits per heavy atom. The zero-order chi connectivity index (χ0) is 13.8. The maximum Gasteiger partial charge on any atom is 0.125 e. The summed E-state index contributed by atoms with van der Waals surface area (Å²) in [6.45, 7) is 2.52. The summed E-state index contributed by atoms with van der Waals surface area (Å²) in [5.41, 5.74) is 2.82. The first kappa shape index (κ1) is 13.9. The van der Waals surface area contributed by atoms with Crippen LogP contribution in [0.4, 0.5) is 10.1 Å². The molecule has 19 heavy (non-hydrogen) atoms. The van der Waals surface area contributed by atoms with Crippen LogP contribution in [0.3, 0.4) is 0 Å². The zero-order valence-corrected chi connectivity index (χ0v) is 12.4. The number of rotatable bonds is 4. The van der Waals surface area contributed by atoms with Gasteiger partial charge in [0.15, 0.2) is 0 Å². The van der Waals surface area contributed by atoms with Crippen LogP contribution in [-0.4, -0.2) is 7.11 Å². The van der Waals surface area contributed by atoms with Gasteiger partial charge in [-0.25, -0.2) is 4.39 Å². The monoisotopic (exact) mass is 323 g/mol. The molecule has 4 heteroatoms. The van der Waals surface area contributed by atoms with E-state index >= 15 is 0 Å². The second-order valence-corrected chi connectivity index (χ2v) is 5.18. The van der Waals surface area contributed by atoms with Crippen molar-refractivity contribution in [3.63, 3.8) is 0 Å². The summed E-state index contributed by atoms with van der Waals surface area (Å²) in [5, 5.41) is 3.23. The molecule has 0 radical (unpaired) electrons. The first-order valence-corrected chi connectivity index (χ1v) is 6.72. The lowest BCUT2D eigenvalue weighted by molar-refractivity contribution is 0.410. The minimum Gasteiger partial charge on any atom is -0.496 e. The molecule has 0 heterocycles. The largest absolute Gasteiger partial charge is 0.496 e. The van der Waals surface area contributed by atoms with E-state index in [1.807, 2.05) is 25.1 Å². The molecule has 0 fully saturated rings. The number of ether oxygens (including phenoxy) is 1. The van der Waals surface area contributed by atoms with Crippen molar-refractivity contribution in [1.29, 1.82) is 0 Å². The fourth-order valence-electron chi connectivity index (χ4n) is 1.86. The van der Waals surface area contributed by atoms with Gasteiger partial charge in [0.25, 0.3) is 0 Å². The van der Waals surface area contributed by atoms with E-state index in [1.165, 1.54) is 12.1 Å². The molecule has 0 atom stereocenters. The summed E-state index contributed by atoms with van der Waals surface area (Å²) in [5.74, 6) is 0.569. The summed E-state index contributed by atoms with van der Waals surface area (Å²) in [7, 11) is 1.64. The van der Waals surface area contributed by atoms with Crippen molar-refractivity contribution in [2.24, 2.45) is 0 Å². The van der Waals surface area contributed by atoms with Crippen LogP contribution in [-0.2, 0) is 6.54 Å². The molecule has 0 aliphatic carbocycles. The Morgan fingerprint density at radius 1 is 1.21 bits per heavy atom. The van der Waals surface area contributed by atoms with Crippen LogP contribution in [0.2, 0.25) is 0 Å². The zero-order valence-electron chi connectivity index (χ0n) is 10.8. The van der Waals surface area contributed by atoms with Crippen molar-refractivity contribution in [3.05, 3.63) is 57.8 Å². The molecule has 0 aliphatic rings. The Bertz CT molecular complexity index is 586. The third kappa shape index (κ3) is 3.47. The molecule has 0 bridgehead atoms. The molecule has 100 valence electrons. The molecular weight excluding hydrogens is 309 g/mol. The molecule has 0 spiro atoms. The molecule has 0 amide bonds. The topological polar surface area (TPSA) is 21.3 Å². The number of benzene rings is 2. The van der Waals surface area contributed by atoms with Crippen LogP contribution in [0.25, 0.3) is 0 Å². The van der Waals surface area contributed by atoms with Crippen LogP contribution >= 0.6 is 15.9 Å². The average molecular weight is 324 g/mol. The number of anilines is 1. The fraction of sp³-hybridized carbons (Fsp3) is 0.200. The molecular formula is C15H15BrFNO. The summed E-state index contributed by atoms with van der Waals surface area (Å²) in [6, 6.07) is 10.5. The van der Waals surface area contributed by atoms with E-state index in [1.54, 1.807) is 13.2 Å². The van der Waals surface area contributed by atoms with E-state index in [0.717, 1.165) is 27.0 Å². The van der Waals surface area contributed by atoms with E-state index in [0.29, 0.717) is 6.54 Å². The highest BCUT2D eigenvalue weighted by atomic mass is 79.9. The van der Waals surface area contributed by atoms with Gasteiger partial charge in [-0.3, -0.25) is 0 Å². The smallest absolute Gasteiger partial charge is 0.125 e. The first-order chi connectivity index (χ1) is 9.10. The van der Waals surface area contributed by atoms with Gasteiger partial charge >= 0.3 is 0 Å². The number of aryl methyl sites for hydroxylation is 1. The summed E-state index contributed by atoms with van der Waals surface area (Å²) >= 11 is 3.43. The lowest BCUT2D eigenvalue weighted by Crippen LogP contribution is -2.03. The van der Waals surface area contributed by atoms with E-state index in [2.05, 4.69) is 21.2 Å². The maximum atomic E-state index is 13.2. The predicted octanol–water partition coefficient (Wildman–Crippen LogP) is 4.52. The third-order valence-corrected chi connectivity index (χ3v) is 3.40. The van der Waals surface area contributed by atoms with Crippen LogP contribution < -0.4 is 10.1 Å². The van der Waals surface area contributed by atoms with Gasteiger partial charge in [0, 0.05) is 22.3 Å². The van der Waals surface area contributed by atoms with Crippen LogP contribution in [0.1, 0.15) is 11.1 Å². The lowest BCUT2D eigenvalue weighted by Gasteiger charge is -2.13. The van der Waals surface area contributed by atoms with Gasteiger partial charge in [-0.05, 0) is 42.8 Å².